The van der Waals surface area contributed by atoms with Gasteiger partial charge in [0.25, 0.3) is 0 Å². The number of benzene rings is 3. The molecule has 0 aliphatic carbocycles. The first-order valence-electron chi connectivity index (χ1n) is 16.9. The van der Waals surface area contributed by atoms with E-state index in [1.807, 2.05) is 42.5 Å². The van der Waals surface area contributed by atoms with Crippen LogP contribution in [0, 0.1) is 0 Å². The molecule has 2 saturated heterocycles. The number of hydrogen-bond acceptors (Lipinski definition) is 8. The number of rotatable bonds is 11. The molecule has 0 radical (unpaired) electrons. The van der Waals surface area contributed by atoms with Crippen molar-refractivity contribution in [1.82, 2.24) is 4.98 Å². The van der Waals surface area contributed by atoms with Crippen molar-refractivity contribution in [2.45, 2.75) is 42.5 Å². The van der Waals surface area contributed by atoms with Crippen LogP contribution in [-0.2, 0) is 21.7 Å². The Morgan fingerprint density at radius 1 is 0.920 bits per heavy atom. The van der Waals surface area contributed by atoms with Crippen molar-refractivity contribution in [3.8, 4) is 5.75 Å². The Bertz CT molecular complexity index is 1810. The molecule has 0 saturated carbocycles. The van der Waals surface area contributed by atoms with Gasteiger partial charge in [0.15, 0.2) is 0 Å². The molecule has 3 unspecified atom stereocenters. The molecule has 3 atom stereocenters. The molecule has 4 aromatic rings. The maximum absolute atomic E-state index is 13.0. The van der Waals surface area contributed by atoms with Crippen molar-refractivity contribution >= 4 is 70.6 Å². The third-order valence-electron chi connectivity index (χ3n) is 9.33. The van der Waals surface area contributed by atoms with E-state index in [0.29, 0.717) is 33.6 Å². The third-order valence-corrected chi connectivity index (χ3v) is 15.1. The summed E-state index contributed by atoms with van der Waals surface area (Å²) in [6, 6.07) is 25.8. The number of aromatic nitrogens is 1. The minimum absolute atomic E-state index is 0.209. The van der Waals surface area contributed by atoms with Crippen LogP contribution in [0.5, 0.6) is 5.75 Å². The molecule has 3 aliphatic rings. The number of hydrogen-bond donors (Lipinski definition) is 0. The van der Waals surface area contributed by atoms with Gasteiger partial charge in [-0.25, -0.2) is 0 Å². The van der Waals surface area contributed by atoms with E-state index >= 15 is 0 Å². The quantitative estimate of drug-likeness (QED) is 0.0648. The minimum atomic E-state index is -2.00. The summed E-state index contributed by atoms with van der Waals surface area (Å²) in [5, 5.41) is 1.04. The number of ether oxygens (including phenoxy) is 3. The number of piperazine rings is 1. The summed E-state index contributed by atoms with van der Waals surface area (Å²) in [5.74, 6) is -0.294. The number of alkyl halides is 1. The number of anilines is 3. The predicted molar refractivity (Wildman–Crippen MR) is 210 cm³/mol. The summed E-state index contributed by atoms with van der Waals surface area (Å²) in [6.07, 6.45) is 6.42. The second-order valence-corrected chi connectivity index (χ2v) is 18.7. The summed E-state index contributed by atoms with van der Waals surface area (Å²) in [5.41, 5.74) is 4.97. The van der Waals surface area contributed by atoms with Crippen LogP contribution in [0.2, 0.25) is 10.0 Å². The van der Waals surface area contributed by atoms with Gasteiger partial charge in [0.05, 0.1) is 11.6 Å². The standard InChI is InChI=1S/C38H40Cl2IN5O4/c1-3-27(2)41-37(47)46(26-43-41)32-7-5-30(6-8-32)44-18-20-45(21-19-44)31-9-11-33(12-10-31)48-24-34-25-49-38(50-34,23-28-14-16-42-17-15-28)35-13-4-29(39)22-36(35)40/h4-17,22,26-27,34H,3,18-21,23-25H2,1-2H3. The van der Waals surface area contributed by atoms with Crippen LogP contribution in [-0.4, -0.2) is 64.7 Å². The molecule has 1 aromatic heterocycles. The second-order valence-electron chi connectivity index (χ2n) is 12.6. The summed E-state index contributed by atoms with van der Waals surface area (Å²) >= 11 is 10.8. The first-order chi connectivity index (χ1) is 24.3. The normalized spacial score (nSPS) is 22.0. The third kappa shape index (κ3) is 7.60. The number of carbonyl (C=O) groups is 1. The fourth-order valence-corrected chi connectivity index (χ4v) is 10.9. The van der Waals surface area contributed by atoms with Crippen LogP contribution in [0.4, 0.5) is 21.9 Å². The molecule has 262 valence electrons. The van der Waals surface area contributed by atoms with E-state index < -0.39 is 25.9 Å². The molecule has 1 amide bonds. The van der Waals surface area contributed by atoms with Crippen molar-refractivity contribution in [2.75, 3.05) is 54.1 Å². The van der Waals surface area contributed by atoms with Crippen LogP contribution >= 0.6 is 43.3 Å². The van der Waals surface area contributed by atoms with Gasteiger partial charge in [0.1, 0.15) is 18.5 Å². The van der Waals surface area contributed by atoms with E-state index in [1.54, 1.807) is 35.8 Å². The molecule has 7 rings (SSSR count). The summed E-state index contributed by atoms with van der Waals surface area (Å²) in [6.45, 7) is 8.59. The maximum atomic E-state index is 13.0. The van der Waals surface area contributed by atoms with Gasteiger partial charge in [-0.1, -0.05) is 29.3 Å². The molecule has 50 heavy (non-hydrogen) atoms. The molecule has 3 aromatic carbocycles. The van der Waals surface area contributed by atoms with Crippen molar-refractivity contribution in [1.29, 1.82) is 0 Å². The fourth-order valence-electron chi connectivity index (χ4n) is 6.37. The topological polar surface area (TPSA) is 79.7 Å². The predicted octanol–water partition coefficient (Wildman–Crippen LogP) is 8.79. The van der Waals surface area contributed by atoms with E-state index in [1.165, 1.54) is 5.69 Å². The molecular formula is C38H40Cl2IN5O4. The van der Waals surface area contributed by atoms with Gasteiger partial charge < -0.3 is 14.2 Å². The number of pyridine rings is 1. The van der Waals surface area contributed by atoms with E-state index in [2.05, 4.69) is 56.1 Å². The Labute approximate surface area is 310 Å². The van der Waals surface area contributed by atoms with Crippen molar-refractivity contribution in [3.05, 3.63) is 112 Å². The molecule has 12 heteroatoms. The van der Waals surface area contributed by atoms with E-state index in [-0.39, 0.29) is 10.0 Å². The molecule has 0 spiro atoms. The number of carbonyl (C=O) groups excluding carboxylic acids is 1. The Hall–Kier alpha value is -3.42. The Morgan fingerprint density at radius 2 is 1.56 bits per heavy atom. The van der Waals surface area contributed by atoms with Gasteiger partial charge >= 0.3 is 157 Å². The number of nitrogens with zero attached hydrogens (tertiary/aromatic N) is 5. The van der Waals surface area contributed by atoms with Crippen molar-refractivity contribution in [3.63, 3.8) is 0 Å². The Balaban J connectivity index is 0.916. The molecule has 9 nitrogen and oxygen atoms in total. The molecule has 0 bridgehead atoms. The average Bonchev–Trinajstić information content (AvgIpc) is 3.74. The number of halogens is 3. The van der Waals surface area contributed by atoms with E-state index in [4.69, 9.17) is 37.4 Å². The summed E-state index contributed by atoms with van der Waals surface area (Å²) in [7, 11) is 0. The number of amides is 1. The van der Waals surface area contributed by atoms with E-state index in [9.17, 15) is 4.79 Å². The van der Waals surface area contributed by atoms with Gasteiger partial charge in [-0.15, -0.1) is 0 Å². The fraction of sp³-hybridized carbons (Fsp3) is 0.342. The van der Waals surface area contributed by atoms with Gasteiger partial charge in [0.2, 0.25) is 5.79 Å². The Morgan fingerprint density at radius 3 is 2.20 bits per heavy atom. The molecule has 4 heterocycles. The summed E-state index contributed by atoms with van der Waals surface area (Å²) in [4.78, 5) is 23.6. The van der Waals surface area contributed by atoms with Gasteiger partial charge in [-0.2, -0.15) is 0 Å². The zero-order valence-corrected chi connectivity index (χ0v) is 31.7. The SMILES string of the molecule is CCC(C)I1N=CN(c2ccc(N3CCN(c4ccc(OCC5COC(Cc6ccncc6)(c6ccc(Cl)cc6Cl)O5)cc4)CC3)cc2)C1=O. The molecule has 0 N–H and O–H groups in total. The Kier molecular flexibility index (Phi) is 10.8. The van der Waals surface area contributed by atoms with Crippen LogP contribution in [0.15, 0.2) is 94.5 Å². The summed E-state index contributed by atoms with van der Waals surface area (Å²) < 4.78 is 24.3. The van der Waals surface area contributed by atoms with E-state index in [0.717, 1.165) is 60.9 Å². The van der Waals surface area contributed by atoms with Gasteiger partial charge in [0, 0.05) is 29.4 Å². The van der Waals surface area contributed by atoms with Crippen molar-refractivity contribution < 1.29 is 19.0 Å². The molecule has 3 aliphatic heterocycles. The zero-order chi connectivity index (χ0) is 34.7. The first kappa shape index (κ1) is 35.0. The second kappa shape index (κ2) is 15.4. The van der Waals surface area contributed by atoms with Gasteiger partial charge in [-0.3, -0.25) is 4.98 Å². The van der Waals surface area contributed by atoms with Crippen LogP contribution in [0.3, 0.4) is 0 Å². The van der Waals surface area contributed by atoms with Crippen LogP contribution < -0.4 is 19.4 Å². The van der Waals surface area contributed by atoms with Crippen LogP contribution in [0.25, 0.3) is 0 Å². The van der Waals surface area contributed by atoms with Crippen LogP contribution in [0.1, 0.15) is 31.4 Å². The first-order valence-corrected chi connectivity index (χ1v) is 20.9. The zero-order valence-electron chi connectivity index (χ0n) is 28.1. The molecule has 2 fully saturated rings. The van der Waals surface area contributed by atoms with Gasteiger partial charge in [-0.05, 0) is 42.0 Å². The average molecular weight is 829 g/mol. The molecular weight excluding hydrogens is 788 g/mol. The van der Waals surface area contributed by atoms with Crippen molar-refractivity contribution in [2.24, 2.45) is 3.21 Å². The monoisotopic (exact) mass is 827 g/mol.